The molecule has 0 aliphatic heterocycles. The van der Waals surface area contributed by atoms with E-state index in [0.717, 1.165) is 30.8 Å². The molecule has 2 aromatic rings. The predicted octanol–water partition coefficient (Wildman–Crippen LogP) is 3.06. The van der Waals surface area contributed by atoms with E-state index >= 15 is 0 Å². The summed E-state index contributed by atoms with van der Waals surface area (Å²) in [6.07, 6.45) is 2.44. The number of carbonyl (C=O) groups is 1. The fraction of sp³-hybridized carbons (Fsp3) is 0.250. The number of pyridine rings is 1. The maximum Gasteiger partial charge on any atom is 0.256 e. The molecule has 0 spiro atoms. The third-order valence-electron chi connectivity index (χ3n) is 3.04. The van der Waals surface area contributed by atoms with Crippen LogP contribution in [-0.2, 0) is 4.74 Å². The van der Waals surface area contributed by atoms with Crippen molar-refractivity contribution in [3.63, 3.8) is 0 Å². The van der Waals surface area contributed by atoms with Gasteiger partial charge in [-0.05, 0) is 36.8 Å². The number of carbonyl (C=O) groups excluding carboxylic acids is 1. The van der Waals surface area contributed by atoms with E-state index in [1.54, 1.807) is 25.4 Å². The number of benzene rings is 1. The summed E-state index contributed by atoms with van der Waals surface area (Å²) in [5.74, 6) is -2.30. The van der Waals surface area contributed by atoms with Crippen LogP contribution in [0.1, 0.15) is 16.8 Å². The van der Waals surface area contributed by atoms with E-state index in [2.05, 4.69) is 15.6 Å². The maximum absolute atomic E-state index is 13.1. The van der Waals surface area contributed by atoms with Gasteiger partial charge in [-0.25, -0.2) is 13.8 Å². The second-order valence-electron chi connectivity index (χ2n) is 4.79. The molecule has 1 heterocycles. The molecule has 1 amide bonds. The van der Waals surface area contributed by atoms with E-state index in [-0.39, 0.29) is 5.56 Å². The first-order chi connectivity index (χ1) is 11.1. The normalized spacial score (nSPS) is 10.4. The number of nitrogens with one attached hydrogen (secondary N) is 2. The molecule has 0 aliphatic carbocycles. The molecule has 0 unspecified atom stereocenters. The van der Waals surface area contributed by atoms with Crippen LogP contribution in [0.3, 0.4) is 0 Å². The summed E-state index contributed by atoms with van der Waals surface area (Å²) in [6.45, 7) is 1.42. The Balaban J connectivity index is 1.92. The molecule has 122 valence electrons. The zero-order chi connectivity index (χ0) is 16.7. The summed E-state index contributed by atoms with van der Waals surface area (Å²) >= 11 is 0. The lowest BCUT2D eigenvalue weighted by atomic mass is 10.2. The Bertz CT molecular complexity index is 663. The van der Waals surface area contributed by atoms with Gasteiger partial charge in [0.2, 0.25) is 0 Å². The second kappa shape index (κ2) is 8.19. The lowest BCUT2D eigenvalue weighted by molar-refractivity contribution is 0.102. The van der Waals surface area contributed by atoms with Crippen LogP contribution in [-0.4, -0.2) is 31.2 Å². The van der Waals surface area contributed by atoms with Crippen molar-refractivity contribution >= 4 is 17.4 Å². The first kappa shape index (κ1) is 16.8. The van der Waals surface area contributed by atoms with E-state index in [9.17, 15) is 13.6 Å². The molecule has 0 saturated heterocycles. The van der Waals surface area contributed by atoms with Gasteiger partial charge in [0.1, 0.15) is 5.82 Å². The summed E-state index contributed by atoms with van der Waals surface area (Å²) in [4.78, 5) is 16.0. The predicted molar refractivity (Wildman–Crippen MR) is 83.5 cm³/mol. The molecule has 7 heteroatoms. The van der Waals surface area contributed by atoms with E-state index in [1.165, 1.54) is 6.07 Å². The van der Waals surface area contributed by atoms with Crippen LogP contribution >= 0.6 is 0 Å². The van der Waals surface area contributed by atoms with Crippen LogP contribution in [0.15, 0.2) is 36.5 Å². The Hall–Kier alpha value is -2.54. The van der Waals surface area contributed by atoms with E-state index in [4.69, 9.17) is 4.74 Å². The summed E-state index contributed by atoms with van der Waals surface area (Å²) in [5, 5.41) is 5.68. The van der Waals surface area contributed by atoms with Crippen LogP contribution < -0.4 is 10.6 Å². The fourth-order valence-electron chi connectivity index (χ4n) is 1.85. The van der Waals surface area contributed by atoms with Gasteiger partial charge in [0.05, 0.1) is 11.9 Å². The number of ether oxygens (including phenoxy) is 1. The summed E-state index contributed by atoms with van der Waals surface area (Å²) in [6, 6.07) is 6.34. The number of nitrogens with zero attached hydrogens (tertiary/aromatic N) is 1. The molecule has 2 rings (SSSR count). The average molecular weight is 321 g/mol. The maximum atomic E-state index is 13.1. The standard InChI is InChI=1S/C16H17F2N3O2/c1-23-8-2-7-19-12-4-6-15(20-10-12)21-16(22)11-3-5-13(17)14(18)9-11/h3-6,9-10,19H,2,7-8H2,1H3,(H,20,21,22). The number of hydrogen-bond acceptors (Lipinski definition) is 4. The number of halogens is 2. The first-order valence-corrected chi connectivity index (χ1v) is 7.05. The van der Waals surface area contributed by atoms with Gasteiger partial charge in [0, 0.05) is 25.8 Å². The zero-order valence-corrected chi connectivity index (χ0v) is 12.6. The van der Waals surface area contributed by atoms with Gasteiger partial charge >= 0.3 is 0 Å². The Labute approximate surface area is 132 Å². The van der Waals surface area contributed by atoms with Crippen LogP contribution in [0.4, 0.5) is 20.3 Å². The van der Waals surface area contributed by atoms with Gasteiger partial charge in [-0.1, -0.05) is 0 Å². The number of amides is 1. The van der Waals surface area contributed by atoms with Gasteiger partial charge in [-0.2, -0.15) is 0 Å². The van der Waals surface area contributed by atoms with Gasteiger partial charge < -0.3 is 15.4 Å². The van der Waals surface area contributed by atoms with E-state index < -0.39 is 17.5 Å². The summed E-state index contributed by atoms with van der Waals surface area (Å²) in [7, 11) is 1.64. The smallest absolute Gasteiger partial charge is 0.256 e. The molecule has 0 aliphatic rings. The Morgan fingerprint density at radius 3 is 2.70 bits per heavy atom. The van der Waals surface area contributed by atoms with Crippen molar-refractivity contribution in [2.75, 3.05) is 30.9 Å². The number of aromatic nitrogens is 1. The molecule has 0 bridgehead atoms. The van der Waals surface area contributed by atoms with Crippen molar-refractivity contribution in [2.24, 2.45) is 0 Å². The van der Waals surface area contributed by atoms with Crippen LogP contribution in [0.25, 0.3) is 0 Å². The van der Waals surface area contributed by atoms with Crippen molar-refractivity contribution in [1.82, 2.24) is 4.98 Å². The molecule has 23 heavy (non-hydrogen) atoms. The van der Waals surface area contributed by atoms with Crippen LogP contribution in [0, 0.1) is 11.6 Å². The molecule has 2 N–H and O–H groups in total. The monoisotopic (exact) mass is 321 g/mol. The molecular formula is C16H17F2N3O2. The minimum atomic E-state index is -1.07. The van der Waals surface area contributed by atoms with E-state index in [0.29, 0.717) is 12.4 Å². The highest BCUT2D eigenvalue weighted by Gasteiger charge is 2.10. The lowest BCUT2D eigenvalue weighted by Gasteiger charge is -2.08. The Morgan fingerprint density at radius 1 is 1.22 bits per heavy atom. The Kier molecular flexibility index (Phi) is 5.99. The SMILES string of the molecule is COCCCNc1ccc(NC(=O)c2ccc(F)c(F)c2)nc1. The molecule has 0 atom stereocenters. The molecular weight excluding hydrogens is 304 g/mol. The molecule has 1 aromatic heterocycles. The molecule has 1 aromatic carbocycles. The first-order valence-electron chi connectivity index (χ1n) is 7.05. The van der Waals surface area contributed by atoms with Gasteiger partial charge in [0.25, 0.3) is 5.91 Å². The fourth-order valence-corrected chi connectivity index (χ4v) is 1.85. The molecule has 0 fully saturated rings. The van der Waals surface area contributed by atoms with Gasteiger partial charge in [-0.3, -0.25) is 4.79 Å². The minimum Gasteiger partial charge on any atom is -0.385 e. The number of rotatable bonds is 7. The van der Waals surface area contributed by atoms with Crippen LogP contribution in [0.5, 0.6) is 0 Å². The van der Waals surface area contributed by atoms with Crippen molar-refractivity contribution < 1.29 is 18.3 Å². The van der Waals surface area contributed by atoms with Crippen molar-refractivity contribution in [1.29, 1.82) is 0 Å². The Morgan fingerprint density at radius 2 is 2.04 bits per heavy atom. The molecule has 0 saturated carbocycles. The second-order valence-corrected chi connectivity index (χ2v) is 4.79. The third kappa shape index (κ3) is 5.00. The van der Waals surface area contributed by atoms with Crippen LogP contribution in [0.2, 0.25) is 0 Å². The van der Waals surface area contributed by atoms with Crippen molar-refractivity contribution in [2.45, 2.75) is 6.42 Å². The highest BCUT2D eigenvalue weighted by atomic mass is 19.2. The summed E-state index contributed by atoms with van der Waals surface area (Å²) < 4.78 is 30.9. The van der Waals surface area contributed by atoms with Crippen molar-refractivity contribution in [3.05, 3.63) is 53.7 Å². The zero-order valence-electron chi connectivity index (χ0n) is 12.6. The summed E-state index contributed by atoms with van der Waals surface area (Å²) in [5.41, 5.74) is 0.833. The molecule has 5 nitrogen and oxygen atoms in total. The van der Waals surface area contributed by atoms with Crippen molar-refractivity contribution in [3.8, 4) is 0 Å². The highest BCUT2D eigenvalue weighted by Crippen LogP contribution is 2.13. The number of methoxy groups -OCH3 is 1. The number of anilines is 2. The topological polar surface area (TPSA) is 63.2 Å². The highest BCUT2D eigenvalue weighted by molar-refractivity contribution is 6.03. The lowest BCUT2D eigenvalue weighted by Crippen LogP contribution is -2.13. The largest absolute Gasteiger partial charge is 0.385 e. The van der Waals surface area contributed by atoms with Gasteiger partial charge in [0.15, 0.2) is 11.6 Å². The minimum absolute atomic E-state index is 0.0208. The molecule has 0 radical (unpaired) electrons. The quantitative estimate of drug-likeness (QED) is 0.769. The number of hydrogen-bond donors (Lipinski definition) is 2. The average Bonchev–Trinajstić information content (AvgIpc) is 2.55. The third-order valence-corrected chi connectivity index (χ3v) is 3.04. The van der Waals surface area contributed by atoms with Gasteiger partial charge in [-0.15, -0.1) is 0 Å². The van der Waals surface area contributed by atoms with E-state index in [1.807, 2.05) is 0 Å².